The van der Waals surface area contributed by atoms with Gasteiger partial charge in [-0.25, -0.2) is 10.2 Å². The lowest BCUT2D eigenvalue weighted by Gasteiger charge is -2.14. The fourth-order valence-corrected chi connectivity index (χ4v) is 2.07. The van der Waals surface area contributed by atoms with E-state index < -0.39 is 11.9 Å². The molecule has 0 aromatic carbocycles. The number of urea groups is 1. The molecule has 0 fully saturated rings. The van der Waals surface area contributed by atoms with Crippen molar-refractivity contribution in [3.8, 4) is 0 Å². The third-order valence-corrected chi connectivity index (χ3v) is 3.19. The van der Waals surface area contributed by atoms with Crippen LogP contribution < -0.4 is 16.2 Å². The molecular formula is C15H25N3O3. The van der Waals surface area contributed by atoms with Crippen LogP contribution in [0.15, 0.2) is 10.5 Å². The topological polar surface area (TPSA) is 83.4 Å². The van der Waals surface area contributed by atoms with Gasteiger partial charge in [0.15, 0.2) is 0 Å². The van der Waals surface area contributed by atoms with Gasteiger partial charge in [-0.1, -0.05) is 26.2 Å². The summed E-state index contributed by atoms with van der Waals surface area (Å²) in [7, 11) is 0. The van der Waals surface area contributed by atoms with E-state index in [0.29, 0.717) is 17.1 Å². The van der Waals surface area contributed by atoms with E-state index in [0.717, 1.165) is 25.7 Å². The van der Waals surface area contributed by atoms with Crippen molar-refractivity contribution in [3.63, 3.8) is 0 Å². The normalized spacial score (nSPS) is 11.8. The van der Waals surface area contributed by atoms with Crippen molar-refractivity contribution in [1.29, 1.82) is 0 Å². The van der Waals surface area contributed by atoms with Crippen molar-refractivity contribution in [3.05, 3.63) is 23.2 Å². The number of nitrogens with one attached hydrogen (secondary N) is 3. The number of amides is 3. The monoisotopic (exact) mass is 295 g/mol. The Morgan fingerprint density at radius 1 is 1.24 bits per heavy atom. The van der Waals surface area contributed by atoms with Gasteiger partial charge in [-0.15, -0.1) is 0 Å². The Bertz CT molecular complexity index is 483. The van der Waals surface area contributed by atoms with Gasteiger partial charge in [0.2, 0.25) is 0 Å². The minimum Gasteiger partial charge on any atom is -0.466 e. The minimum absolute atomic E-state index is 0.0753. The summed E-state index contributed by atoms with van der Waals surface area (Å²) < 4.78 is 5.27. The second-order valence-corrected chi connectivity index (χ2v) is 5.28. The van der Waals surface area contributed by atoms with Gasteiger partial charge in [0.1, 0.15) is 11.5 Å². The summed E-state index contributed by atoms with van der Waals surface area (Å²) in [6.07, 6.45) is 4.31. The average molecular weight is 295 g/mol. The van der Waals surface area contributed by atoms with Crippen molar-refractivity contribution in [1.82, 2.24) is 16.2 Å². The zero-order valence-electron chi connectivity index (χ0n) is 13.2. The molecule has 6 nitrogen and oxygen atoms in total. The van der Waals surface area contributed by atoms with Crippen LogP contribution in [0.3, 0.4) is 0 Å². The molecule has 0 aliphatic carbocycles. The molecular weight excluding hydrogens is 270 g/mol. The summed E-state index contributed by atoms with van der Waals surface area (Å²) in [5, 5.41) is 2.78. The van der Waals surface area contributed by atoms with E-state index in [2.05, 4.69) is 23.1 Å². The fraction of sp³-hybridized carbons (Fsp3) is 0.600. The molecule has 1 heterocycles. The molecule has 0 saturated heterocycles. The van der Waals surface area contributed by atoms with Crippen molar-refractivity contribution in [2.24, 2.45) is 0 Å². The first-order valence-corrected chi connectivity index (χ1v) is 7.38. The molecule has 1 aromatic heterocycles. The number of carbonyl (C=O) groups is 2. The molecule has 3 amide bonds. The maximum atomic E-state index is 11.9. The van der Waals surface area contributed by atoms with E-state index in [-0.39, 0.29) is 6.04 Å². The molecule has 3 N–H and O–H groups in total. The molecule has 0 aliphatic rings. The first-order valence-electron chi connectivity index (χ1n) is 7.38. The number of rotatable bonds is 6. The van der Waals surface area contributed by atoms with Crippen LogP contribution >= 0.6 is 0 Å². The molecule has 118 valence electrons. The van der Waals surface area contributed by atoms with E-state index in [4.69, 9.17) is 4.42 Å². The number of hydrazine groups is 1. The molecule has 0 unspecified atom stereocenters. The van der Waals surface area contributed by atoms with Crippen LogP contribution in [0.5, 0.6) is 0 Å². The number of aryl methyl sites for hydroxylation is 2. The smallest absolute Gasteiger partial charge is 0.333 e. The van der Waals surface area contributed by atoms with Gasteiger partial charge in [0.25, 0.3) is 5.91 Å². The number of carbonyl (C=O) groups excluding carboxylic acids is 2. The number of hydrogen-bond donors (Lipinski definition) is 3. The minimum atomic E-state index is -0.412. The first kappa shape index (κ1) is 17.1. The molecule has 0 spiro atoms. The molecule has 0 radical (unpaired) electrons. The second kappa shape index (κ2) is 8.34. The lowest BCUT2D eigenvalue weighted by atomic mass is 10.1. The van der Waals surface area contributed by atoms with Gasteiger partial charge in [0.05, 0.1) is 5.56 Å². The third-order valence-electron chi connectivity index (χ3n) is 3.19. The highest BCUT2D eigenvalue weighted by Gasteiger charge is 2.14. The van der Waals surface area contributed by atoms with Gasteiger partial charge in [-0.3, -0.25) is 10.2 Å². The van der Waals surface area contributed by atoms with E-state index in [9.17, 15) is 9.59 Å². The van der Waals surface area contributed by atoms with Gasteiger partial charge in [-0.05, 0) is 33.3 Å². The second-order valence-electron chi connectivity index (χ2n) is 5.28. The highest BCUT2D eigenvalue weighted by atomic mass is 16.3. The van der Waals surface area contributed by atoms with Crippen LogP contribution in [-0.4, -0.2) is 18.0 Å². The molecule has 6 heteroatoms. The molecule has 0 bridgehead atoms. The largest absolute Gasteiger partial charge is 0.466 e. The molecule has 21 heavy (non-hydrogen) atoms. The lowest BCUT2D eigenvalue weighted by Crippen LogP contribution is -2.49. The van der Waals surface area contributed by atoms with Crippen LogP contribution in [0.4, 0.5) is 4.79 Å². The lowest BCUT2D eigenvalue weighted by molar-refractivity contribution is 0.0934. The standard InChI is InChI=1S/C15H25N3O3/c1-5-6-7-8-10(2)16-15(20)18-17-14(19)13-9-11(3)21-12(13)4/h9-10H,5-8H2,1-4H3,(H,17,19)(H2,16,18,20)/t10-/m1/s1. The average Bonchev–Trinajstić information content (AvgIpc) is 2.75. The molecule has 1 atom stereocenters. The van der Waals surface area contributed by atoms with Crippen molar-refractivity contribution < 1.29 is 14.0 Å². The predicted molar refractivity (Wildman–Crippen MR) is 80.9 cm³/mol. The quantitative estimate of drug-likeness (QED) is 0.557. The molecule has 0 saturated carbocycles. The highest BCUT2D eigenvalue weighted by Crippen LogP contribution is 2.12. The van der Waals surface area contributed by atoms with Crippen molar-refractivity contribution in [2.45, 2.75) is 59.4 Å². The van der Waals surface area contributed by atoms with Gasteiger partial charge >= 0.3 is 6.03 Å². The van der Waals surface area contributed by atoms with Crippen molar-refractivity contribution in [2.75, 3.05) is 0 Å². The van der Waals surface area contributed by atoms with Gasteiger partial charge < -0.3 is 9.73 Å². The van der Waals surface area contributed by atoms with Crippen LogP contribution in [0.1, 0.15) is 61.4 Å². The summed E-state index contributed by atoms with van der Waals surface area (Å²) in [6.45, 7) is 7.56. The van der Waals surface area contributed by atoms with E-state index in [1.807, 2.05) is 6.92 Å². The zero-order chi connectivity index (χ0) is 15.8. The zero-order valence-corrected chi connectivity index (χ0v) is 13.2. The SMILES string of the molecule is CCCCC[C@@H](C)NC(=O)NNC(=O)c1cc(C)oc1C. The summed E-state index contributed by atoms with van der Waals surface area (Å²) in [4.78, 5) is 23.5. The van der Waals surface area contributed by atoms with Crippen LogP contribution in [0, 0.1) is 13.8 Å². The Morgan fingerprint density at radius 2 is 1.95 bits per heavy atom. The Balaban J connectivity index is 2.32. The Morgan fingerprint density at radius 3 is 2.52 bits per heavy atom. The number of hydrogen-bond acceptors (Lipinski definition) is 3. The van der Waals surface area contributed by atoms with Crippen molar-refractivity contribution >= 4 is 11.9 Å². The van der Waals surface area contributed by atoms with E-state index in [1.165, 1.54) is 0 Å². The summed E-state index contributed by atoms with van der Waals surface area (Å²) in [5.41, 5.74) is 5.13. The maximum Gasteiger partial charge on any atom is 0.333 e. The van der Waals surface area contributed by atoms with Crippen LogP contribution in [0.25, 0.3) is 0 Å². The number of unbranched alkanes of at least 4 members (excludes halogenated alkanes) is 2. The third kappa shape index (κ3) is 5.89. The Labute approximate surface area is 125 Å². The molecule has 0 aliphatic heterocycles. The van der Waals surface area contributed by atoms with Gasteiger partial charge in [-0.2, -0.15) is 0 Å². The van der Waals surface area contributed by atoms with E-state index in [1.54, 1.807) is 19.9 Å². The highest BCUT2D eigenvalue weighted by molar-refractivity contribution is 5.96. The Hall–Kier alpha value is -1.98. The Kier molecular flexibility index (Phi) is 6.78. The molecule has 1 aromatic rings. The summed E-state index contributed by atoms with van der Waals surface area (Å²) >= 11 is 0. The van der Waals surface area contributed by atoms with Crippen LogP contribution in [0.2, 0.25) is 0 Å². The van der Waals surface area contributed by atoms with Gasteiger partial charge in [0, 0.05) is 6.04 Å². The summed E-state index contributed by atoms with van der Waals surface area (Å²) in [5.74, 6) is 0.796. The van der Waals surface area contributed by atoms with E-state index >= 15 is 0 Å². The maximum absolute atomic E-state index is 11.9. The number of furan rings is 1. The first-order chi connectivity index (χ1) is 9.93. The fourth-order valence-electron chi connectivity index (χ4n) is 2.07. The predicted octanol–water partition coefficient (Wildman–Crippen LogP) is 2.81. The van der Waals surface area contributed by atoms with Crippen LogP contribution in [-0.2, 0) is 0 Å². The molecule has 1 rings (SSSR count). The summed E-state index contributed by atoms with van der Waals surface area (Å²) in [6, 6.07) is 1.30.